The van der Waals surface area contributed by atoms with Crippen molar-refractivity contribution in [3.05, 3.63) is 59.4 Å². The molecule has 0 spiro atoms. The van der Waals surface area contributed by atoms with Crippen molar-refractivity contribution in [1.29, 1.82) is 0 Å². The maximum atomic E-state index is 12.1. The van der Waals surface area contributed by atoms with E-state index in [2.05, 4.69) is 21.7 Å². The Balaban J connectivity index is 1.57. The van der Waals surface area contributed by atoms with Gasteiger partial charge in [-0.15, -0.1) is 0 Å². The van der Waals surface area contributed by atoms with E-state index in [1.807, 2.05) is 31.2 Å². The topological polar surface area (TPSA) is 54.0 Å². The number of nitrogens with one attached hydrogen (secondary N) is 2. The number of anilines is 1. The molecule has 0 bridgehead atoms. The summed E-state index contributed by atoms with van der Waals surface area (Å²) in [6.07, 6.45) is 4.16. The highest BCUT2D eigenvalue weighted by atomic mass is 16.1. The molecule has 0 saturated heterocycles. The fraction of sp³-hybridized carbons (Fsp3) is 0.294. The Labute approximate surface area is 124 Å². The number of aromatic nitrogens is 1. The number of carbonyl (C=O) groups excluding carboxylic acids is 1. The second-order valence-corrected chi connectivity index (χ2v) is 5.52. The highest BCUT2D eigenvalue weighted by Crippen LogP contribution is 2.24. The summed E-state index contributed by atoms with van der Waals surface area (Å²) >= 11 is 0. The van der Waals surface area contributed by atoms with Gasteiger partial charge < -0.3 is 10.6 Å². The number of pyridine rings is 1. The van der Waals surface area contributed by atoms with Crippen LogP contribution >= 0.6 is 0 Å². The summed E-state index contributed by atoms with van der Waals surface area (Å²) < 4.78 is 0. The molecule has 21 heavy (non-hydrogen) atoms. The van der Waals surface area contributed by atoms with Crippen LogP contribution in [0.5, 0.6) is 0 Å². The molecule has 0 unspecified atom stereocenters. The molecule has 0 atom stereocenters. The number of amides is 1. The van der Waals surface area contributed by atoms with Crippen molar-refractivity contribution in [2.75, 3.05) is 5.32 Å². The van der Waals surface area contributed by atoms with Crippen LogP contribution in [-0.2, 0) is 6.54 Å². The number of benzene rings is 1. The molecular formula is C17H19N3O. The van der Waals surface area contributed by atoms with Gasteiger partial charge in [-0.2, -0.15) is 0 Å². The molecular weight excluding hydrogens is 262 g/mol. The van der Waals surface area contributed by atoms with Crippen LogP contribution in [0.25, 0.3) is 0 Å². The Bertz CT molecular complexity index is 633. The van der Waals surface area contributed by atoms with Gasteiger partial charge >= 0.3 is 0 Å². The van der Waals surface area contributed by atoms with Gasteiger partial charge in [-0.3, -0.25) is 4.79 Å². The van der Waals surface area contributed by atoms with Gasteiger partial charge in [-0.25, -0.2) is 4.98 Å². The van der Waals surface area contributed by atoms with Crippen molar-refractivity contribution in [3.63, 3.8) is 0 Å². The maximum absolute atomic E-state index is 12.1. The zero-order valence-electron chi connectivity index (χ0n) is 12.1. The van der Waals surface area contributed by atoms with Crippen molar-refractivity contribution in [1.82, 2.24) is 10.3 Å². The Morgan fingerprint density at radius 1 is 1.29 bits per heavy atom. The number of nitrogens with zero attached hydrogens (tertiary/aromatic N) is 1. The van der Waals surface area contributed by atoms with E-state index in [4.69, 9.17) is 0 Å². The van der Waals surface area contributed by atoms with Gasteiger partial charge in [0, 0.05) is 12.6 Å². The molecule has 4 nitrogen and oxygen atoms in total. The lowest BCUT2D eigenvalue weighted by Crippen LogP contribution is -2.23. The van der Waals surface area contributed by atoms with Gasteiger partial charge in [0.15, 0.2) is 0 Å². The quantitative estimate of drug-likeness (QED) is 0.886. The van der Waals surface area contributed by atoms with Gasteiger partial charge in [-0.05, 0) is 37.5 Å². The van der Waals surface area contributed by atoms with Crippen LogP contribution in [0.4, 0.5) is 5.69 Å². The first-order chi connectivity index (χ1) is 10.2. The Morgan fingerprint density at radius 3 is 2.81 bits per heavy atom. The molecule has 1 amide bonds. The number of hydrogen-bond acceptors (Lipinski definition) is 3. The monoisotopic (exact) mass is 281 g/mol. The van der Waals surface area contributed by atoms with Gasteiger partial charge in [0.1, 0.15) is 5.69 Å². The van der Waals surface area contributed by atoms with Crippen LogP contribution in [-0.4, -0.2) is 16.9 Å². The predicted molar refractivity (Wildman–Crippen MR) is 83.2 cm³/mol. The minimum Gasteiger partial charge on any atom is -0.381 e. The van der Waals surface area contributed by atoms with Crippen LogP contribution in [0.3, 0.4) is 0 Å². The van der Waals surface area contributed by atoms with Crippen molar-refractivity contribution in [2.45, 2.75) is 32.4 Å². The Morgan fingerprint density at radius 2 is 2.14 bits per heavy atom. The summed E-state index contributed by atoms with van der Waals surface area (Å²) in [5, 5.41) is 6.25. The number of aryl methyl sites for hydroxylation is 1. The minimum atomic E-state index is -0.144. The van der Waals surface area contributed by atoms with Gasteiger partial charge in [0.05, 0.1) is 11.9 Å². The molecule has 4 heteroatoms. The van der Waals surface area contributed by atoms with Crippen LogP contribution < -0.4 is 10.6 Å². The Hall–Kier alpha value is -2.36. The summed E-state index contributed by atoms with van der Waals surface area (Å²) in [6, 6.07) is 12.4. The summed E-state index contributed by atoms with van der Waals surface area (Å²) in [5.74, 6) is -0.144. The normalized spacial score (nSPS) is 13.8. The average Bonchev–Trinajstić information content (AvgIpc) is 3.30. The van der Waals surface area contributed by atoms with Crippen LogP contribution in [0.15, 0.2) is 42.6 Å². The van der Waals surface area contributed by atoms with Crippen LogP contribution in [0.2, 0.25) is 0 Å². The predicted octanol–water partition coefficient (Wildman–Crippen LogP) is 2.89. The molecule has 1 fully saturated rings. The lowest BCUT2D eigenvalue weighted by Gasteiger charge is -2.07. The van der Waals surface area contributed by atoms with E-state index < -0.39 is 0 Å². The largest absolute Gasteiger partial charge is 0.381 e. The molecule has 0 radical (unpaired) electrons. The van der Waals surface area contributed by atoms with Crippen molar-refractivity contribution in [2.24, 2.45) is 0 Å². The molecule has 0 aliphatic heterocycles. The first kappa shape index (κ1) is 13.6. The standard InChI is InChI=1S/C17H19N3O/c1-12-3-2-4-13(9-12)10-19-17(21)16-8-7-15(11-18-16)20-14-5-6-14/h2-4,7-9,11,14,20H,5-6,10H2,1H3,(H,19,21). The van der Waals surface area contributed by atoms with Gasteiger partial charge in [0.25, 0.3) is 5.91 Å². The van der Waals surface area contributed by atoms with E-state index in [0.29, 0.717) is 18.3 Å². The van der Waals surface area contributed by atoms with E-state index >= 15 is 0 Å². The molecule has 108 valence electrons. The van der Waals surface area contributed by atoms with E-state index in [9.17, 15) is 4.79 Å². The van der Waals surface area contributed by atoms with E-state index in [1.165, 1.54) is 18.4 Å². The molecule has 1 aromatic heterocycles. The first-order valence-electron chi connectivity index (χ1n) is 7.27. The molecule has 2 aromatic rings. The zero-order chi connectivity index (χ0) is 14.7. The first-order valence-corrected chi connectivity index (χ1v) is 7.27. The van der Waals surface area contributed by atoms with E-state index in [1.54, 1.807) is 12.3 Å². The molecule has 1 aromatic carbocycles. The third-order valence-electron chi connectivity index (χ3n) is 3.48. The minimum absolute atomic E-state index is 0.144. The van der Waals surface area contributed by atoms with Crippen molar-refractivity contribution in [3.8, 4) is 0 Å². The fourth-order valence-corrected chi connectivity index (χ4v) is 2.17. The average molecular weight is 281 g/mol. The summed E-state index contributed by atoms with van der Waals surface area (Å²) in [6.45, 7) is 2.56. The molecule has 1 aliphatic carbocycles. The highest BCUT2D eigenvalue weighted by molar-refractivity contribution is 5.92. The highest BCUT2D eigenvalue weighted by Gasteiger charge is 2.20. The molecule has 1 saturated carbocycles. The second-order valence-electron chi connectivity index (χ2n) is 5.52. The number of carbonyl (C=O) groups is 1. The van der Waals surface area contributed by atoms with Gasteiger partial charge in [-0.1, -0.05) is 29.8 Å². The van der Waals surface area contributed by atoms with Crippen LogP contribution in [0.1, 0.15) is 34.5 Å². The molecule has 1 heterocycles. The smallest absolute Gasteiger partial charge is 0.270 e. The molecule has 1 aliphatic rings. The van der Waals surface area contributed by atoms with Crippen molar-refractivity contribution >= 4 is 11.6 Å². The van der Waals surface area contributed by atoms with Crippen molar-refractivity contribution < 1.29 is 4.79 Å². The lowest BCUT2D eigenvalue weighted by atomic mass is 10.1. The number of rotatable bonds is 5. The summed E-state index contributed by atoms with van der Waals surface area (Å²) in [5.41, 5.74) is 3.71. The van der Waals surface area contributed by atoms with E-state index in [-0.39, 0.29) is 5.91 Å². The van der Waals surface area contributed by atoms with E-state index in [0.717, 1.165) is 11.3 Å². The van der Waals surface area contributed by atoms with Gasteiger partial charge in [0.2, 0.25) is 0 Å². The van der Waals surface area contributed by atoms with Crippen LogP contribution in [0, 0.1) is 6.92 Å². The third kappa shape index (κ3) is 3.81. The summed E-state index contributed by atoms with van der Waals surface area (Å²) in [4.78, 5) is 16.3. The lowest BCUT2D eigenvalue weighted by molar-refractivity contribution is 0.0946. The SMILES string of the molecule is Cc1cccc(CNC(=O)c2ccc(NC3CC3)cn2)c1. The fourth-order valence-electron chi connectivity index (χ4n) is 2.17. The Kier molecular flexibility index (Phi) is 3.86. The third-order valence-corrected chi connectivity index (χ3v) is 3.48. The molecule has 2 N–H and O–H groups in total. The zero-order valence-corrected chi connectivity index (χ0v) is 12.1. The molecule has 3 rings (SSSR count). The number of hydrogen-bond donors (Lipinski definition) is 2. The summed E-state index contributed by atoms with van der Waals surface area (Å²) in [7, 11) is 0. The second kappa shape index (κ2) is 5.95. The maximum Gasteiger partial charge on any atom is 0.270 e.